The zero-order valence-electron chi connectivity index (χ0n) is 17.4. The molecule has 1 aromatic heterocycles. The zero-order valence-corrected chi connectivity index (χ0v) is 18.2. The quantitative estimate of drug-likeness (QED) is 0.397. The maximum Gasteiger partial charge on any atom is 0.222 e. The van der Waals surface area contributed by atoms with E-state index in [1.54, 1.807) is 18.4 Å². The number of carbonyl (C=O) groups excluding carboxylic acids is 1. The number of carbonyl (C=O) groups is 1. The van der Waals surface area contributed by atoms with Crippen LogP contribution in [0.25, 0.3) is 0 Å². The van der Waals surface area contributed by atoms with Gasteiger partial charge < -0.3 is 15.5 Å². The SMILES string of the molecule is CCc1cnc(CCNC(=NC)NCCCC(=O)N2CCc3ccccc3C2)s1. The summed E-state index contributed by atoms with van der Waals surface area (Å²) in [6, 6.07) is 8.41. The van der Waals surface area contributed by atoms with Gasteiger partial charge in [-0.05, 0) is 30.4 Å². The smallest absolute Gasteiger partial charge is 0.222 e. The summed E-state index contributed by atoms with van der Waals surface area (Å²) in [6.07, 6.45) is 6.20. The van der Waals surface area contributed by atoms with Crippen LogP contribution in [0.15, 0.2) is 35.5 Å². The molecule has 6 nitrogen and oxygen atoms in total. The van der Waals surface area contributed by atoms with E-state index in [4.69, 9.17) is 0 Å². The second-order valence-corrected chi connectivity index (χ2v) is 8.39. The molecule has 0 bridgehead atoms. The van der Waals surface area contributed by atoms with Gasteiger partial charge in [0.2, 0.25) is 5.91 Å². The minimum atomic E-state index is 0.236. The summed E-state index contributed by atoms with van der Waals surface area (Å²) in [5.41, 5.74) is 2.65. The topological polar surface area (TPSA) is 69.6 Å². The summed E-state index contributed by atoms with van der Waals surface area (Å²) in [6.45, 7) is 5.23. The van der Waals surface area contributed by atoms with Gasteiger partial charge in [-0.2, -0.15) is 0 Å². The maximum atomic E-state index is 12.5. The van der Waals surface area contributed by atoms with E-state index >= 15 is 0 Å². The summed E-state index contributed by atoms with van der Waals surface area (Å²) in [5.74, 6) is 1.01. The van der Waals surface area contributed by atoms with E-state index in [-0.39, 0.29) is 5.91 Å². The van der Waals surface area contributed by atoms with Gasteiger partial charge in [0.1, 0.15) is 0 Å². The lowest BCUT2D eigenvalue weighted by atomic mass is 9.99. The van der Waals surface area contributed by atoms with Gasteiger partial charge in [0.25, 0.3) is 0 Å². The Morgan fingerprint density at radius 3 is 2.79 bits per heavy atom. The fourth-order valence-electron chi connectivity index (χ4n) is 3.45. The number of aryl methyl sites for hydroxylation is 1. The van der Waals surface area contributed by atoms with Gasteiger partial charge >= 0.3 is 0 Å². The highest BCUT2D eigenvalue weighted by Crippen LogP contribution is 2.19. The van der Waals surface area contributed by atoms with E-state index in [9.17, 15) is 4.79 Å². The lowest BCUT2D eigenvalue weighted by Gasteiger charge is -2.29. The molecule has 2 N–H and O–H groups in total. The molecular formula is C22H31N5OS. The summed E-state index contributed by atoms with van der Waals surface area (Å²) in [7, 11) is 1.77. The molecule has 1 aromatic carbocycles. The molecule has 29 heavy (non-hydrogen) atoms. The van der Waals surface area contributed by atoms with Crippen LogP contribution < -0.4 is 10.6 Å². The van der Waals surface area contributed by atoms with Crippen LogP contribution in [0.1, 0.15) is 40.8 Å². The van der Waals surface area contributed by atoms with Gasteiger partial charge in [-0.1, -0.05) is 31.2 Å². The van der Waals surface area contributed by atoms with Crippen molar-refractivity contribution in [3.8, 4) is 0 Å². The third-order valence-electron chi connectivity index (χ3n) is 5.15. The lowest BCUT2D eigenvalue weighted by molar-refractivity contribution is -0.132. The summed E-state index contributed by atoms with van der Waals surface area (Å²) >= 11 is 1.77. The maximum absolute atomic E-state index is 12.5. The molecule has 7 heteroatoms. The standard InChI is InChI=1S/C22H31N5OS/c1-3-19-15-26-20(29-19)10-13-25-22(23-2)24-12-6-9-21(28)27-14-11-17-7-4-5-8-18(17)16-27/h4-5,7-8,15H,3,6,9-14,16H2,1-2H3,(H2,23,24,25). The summed E-state index contributed by atoms with van der Waals surface area (Å²) in [5, 5.41) is 7.77. The molecule has 1 aliphatic heterocycles. The van der Waals surface area contributed by atoms with E-state index < -0.39 is 0 Å². The van der Waals surface area contributed by atoms with E-state index in [0.717, 1.165) is 62.8 Å². The highest BCUT2D eigenvalue weighted by molar-refractivity contribution is 7.11. The van der Waals surface area contributed by atoms with Crippen LogP contribution in [0.4, 0.5) is 0 Å². The Bertz CT molecular complexity index is 832. The number of thiazole rings is 1. The number of hydrogen-bond acceptors (Lipinski definition) is 4. The molecule has 156 valence electrons. The van der Waals surface area contributed by atoms with Gasteiger partial charge in [-0.25, -0.2) is 4.98 Å². The van der Waals surface area contributed by atoms with Crippen molar-refractivity contribution in [2.24, 2.45) is 4.99 Å². The lowest BCUT2D eigenvalue weighted by Crippen LogP contribution is -2.39. The number of benzene rings is 1. The number of fused-ring (bicyclic) bond motifs is 1. The second-order valence-electron chi connectivity index (χ2n) is 7.19. The van der Waals surface area contributed by atoms with Gasteiger partial charge in [-0.3, -0.25) is 9.79 Å². The number of hydrogen-bond donors (Lipinski definition) is 2. The highest BCUT2D eigenvalue weighted by Gasteiger charge is 2.19. The van der Waals surface area contributed by atoms with Gasteiger partial charge in [0, 0.05) is 57.1 Å². The number of amides is 1. The van der Waals surface area contributed by atoms with Crippen LogP contribution in [0.2, 0.25) is 0 Å². The van der Waals surface area contributed by atoms with Crippen molar-refractivity contribution in [2.75, 3.05) is 26.7 Å². The number of aromatic nitrogens is 1. The van der Waals surface area contributed by atoms with Gasteiger partial charge in [-0.15, -0.1) is 11.3 Å². The molecule has 0 aliphatic carbocycles. The van der Waals surface area contributed by atoms with E-state index in [1.807, 2.05) is 17.2 Å². The molecule has 2 aromatic rings. The number of rotatable bonds is 8. The predicted molar refractivity (Wildman–Crippen MR) is 119 cm³/mol. The monoisotopic (exact) mass is 413 g/mol. The number of aliphatic imine (C=N–C) groups is 1. The molecule has 0 fully saturated rings. The van der Waals surface area contributed by atoms with E-state index in [1.165, 1.54) is 16.0 Å². The molecule has 2 heterocycles. The predicted octanol–water partition coefficient (Wildman–Crippen LogP) is 2.78. The summed E-state index contributed by atoms with van der Waals surface area (Å²) < 4.78 is 0. The van der Waals surface area contributed by atoms with E-state index in [0.29, 0.717) is 6.42 Å². The Morgan fingerprint density at radius 2 is 2.03 bits per heavy atom. The first-order valence-electron chi connectivity index (χ1n) is 10.4. The minimum absolute atomic E-state index is 0.236. The Hall–Kier alpha value is -2.41. The fourth-order valence-corrected chi connectivity index (χ4v) is 4.31. The molecule has 0 spiro atoms. The van der Waals surface area contributed by atoms with Crippen molar-refractivity contribution in [2.45, 2.75) is 45.6 Å². The molecule has 0 unspecified atom stereocenters. The molecule has 3 rings (SSSR count). The van der Waals surface area contributed by atoms with Crippen LogP contribution >= 0.6 is 11.3 Å². The largest absolute Gasteiger partial charge is 0.356 e. The Labute approximate surface area is 177 Å². The number of nitrogens with zero attached hydrogens (tertiary/aromatic N) is 3. The molecule has 0 atom stereocenters. The van der Waals surface area contributed by atoms with Crippen molar-refractivity contribution in [1.82, 2.24) is 20.5 Å². The van der Waals surface area contributed by atoms with Crippen LogP contribution in [0.3, 0.4) is 0 Å². The third kappa shape index (κ3) is 6.29. The highest BCUT2D eigenvalue weighted by atomic mass is 32.1. The molecule has 0 radical (unpaired) electrons. The van der Waals surface area contributed by atoms with Crippen molar-refractivity contribution in [1.29, 1.82) is 0 Å². The first kappa shape index (κ1) is 21.3. The first-order valence-corrected chi connectivity index (χ1v) is 11.2. The molecule has 0 saturated carbocycles. The van der Waals surface area contributed by atoms with Crippen LogP contribution in [-0.4, -0.2) is 48.4 Å². The van der Waals surface area contributed by atoms with E-state index in [2.05, 4.69) is 45.7 Å². The Morgan fingerprint density at radius 1 is 1.24 bits per heavy atom. The Balaban J connectivity index is 1.32. The van der Waals surface area contributed by atoms with Crippen LogP contribution in [0, 0.1) is 0 Å². The third-order valence-corrected chi connectivity index (χ3v) is 6.35. The minimum Gasteiger partial charge on any atom is -0.356 e. The average molecular weight is 414 g/mol. The molecule has 1 amide bonds. The van der Waals surface area contributed by atoms with Crippen LogP contribution in [-0.2, 0) is 30.6 Å². The van der Waals surface area contributed by atoms with Gasteiger partial charge in [0.05, 0.1) is 5.01 Å². The summed E-state index contributed by atoms with van der Waals surface area (Å²) in [4.78, 5) is 24.5. The fraction of sp³-hybridized carbons (Fsp3) is 0.500. The average Bonchev–Trinajstić information content (AvgIpc) is 3.22. The normalized spacial score (nSPS) is 13.9. The number of nitrogens with one attached hydrogen (secondary N) is 2. The van der Waals surface area contributed by atoms with Gasteiger partial charge in [0.15, 0.2) is 5.96 Å². The van der Waals surface area contributed by atoms with Crippen molar-refractivity contribution in [3.63, 3.8) is 0 Å². The van der Waals surface area contributed by atoms with Crippen molar-refractivity contribution < 1.29 is 4.79 Å². The second kappa shape index (κ2) is 11.0. The van der Waals surface area contributed by atoms with Crippen LogP contribution in [0.5, 0.6) is 0 Å². The molecule has 1 aliphatic rings. The zero-order chi connectivity index (χ0) is 20.5. The van der Waals surface area contributed by atoms with Crippen molar-refractivity contribution in [3.05, 3.63) is 51.5 Å². The molecule has 0 saturated heterocycles. The Kier molecular flexibility index (Phi) is 8.04. The first-order chi connectivity index (χ1) is 14.2. The molecular weight excluding hydrogens is 382 g/mol. The van der Waals surface area contributed by atoms with Crippen molar-refractivity contribution >= 4 is 23.2 Å². The number of guanidine groups is 1.